The van der Waals surface area contributed by atoms with Crippen LogP contribution in [0.1, 0.15) is 26.2 Å². The Balaban J connectivity index is 2.34. The molecular formula is C10H17NO4. The van der Waals surface area contributed by atoms with E-state index in [1.807, 2.05) is 0 Å². The third-order valence-corrected chi connectivity index (χ3v) is 2.39. The maximum Gasteiger partial charge on any atom is 0.508 e. The Morgan fingerprint density at radius 3 is 2.93 bits per heavy atom. The number of hydrogen-bond donors (Lipinski definition) is 0. The molecule has 1 rings (SSSR count). The number of carbonyl (C=O) groups excluding carboxylic acids is 2. The summed E-state index contributed by atoms with van der Waals surface area (Å²) in [6.07, 6.45) is 1.24. The molecule has 86 valence electrons. The molecule has 1 aliphatic rings. The topological polar surface area (TPSA) is 55.8 Å². The Morgan fingerprint density at radius 2 is 2.33 bits per heavy atom. The molecule has 5 heteroatoms. The van der Waals surface area contributed by atoms with E-state index in [0.29, 0.717) is 6.54 Å². The van der Waals surface area contributed by atoms with E-state index in [4.69, 9.17) is 4.74 Å². The molecular weight excluding hydrogens is 198 g/mol. The highest BCUT2D eigenvalue weighted by atomic mass is 16.7. The lowest BCUT2D eigenvalue weighted by molar-refractivity contribution is -0.127. The monoisotopic (exact) mass is 215 g/mol. The number of likely N-dealkylation sites (tertiary alicyclic amines) is 1. The van der Waals surface area contributed by atoms with Crippen molar-refractivity contribution in [2.75, 3.05) is 20.2 Å². The van der Waals surface area contributed by atoms with Crippen molar-refractivity contribution in [2.45, 2.75) is 32.3 Å². The van der Waals surface area contributed by atoms with Gasteiger partial charge in [0.25, 0.3) is 0 Å². The van der Waals surface area contributed by atoms with Crippen LogP contribution in [-0.2, 0) is 14.3 Å². The summed E-state index contributed by atoms with van der Waals surface area (Å²) in [5, 5.41) is 0. The Bertz CT molecular complexity index is 242. The van der Waals surface area contributed by atoms with E-state index in [-0.39, 0.29) is 18.4 Å². The number of ether oxygens (including phenoxy) is 2. The average Bonchev–Trinajstić information content (AvgIpc) is 2.55. The first-order valence-electron chi connectivity index (χ1n) is 5.19. The Kier molecular flexibility index (Phi) is 4.39. The first kappa shape index (κ1) is 11.8. The first-order valence-corrected chi connectivity index (χ1v) is 5.19. The summed E-state index contributed by atoms with van der Waals surface area (Å²) in [6.45, 7) is 3.31. The summed E-state index contributed by atoms with van der Waals surface area (Å²) in [6, 6.07) is 0. The first-order chi connectivity index (χ1) is 7.17. The van der Waals surface area contributed by atoms with E-state index >= 15 is 0 Å². The number of nitrogens with zero attached hydrogens (tertiary/aromatic N) is 1. The molecule has 0 bridgehead atoms. The van der Waals surface area contributed by atoms with Crippen molar-refractivity contribution in [1.29, 1.82) is 0 Å². The Morgan fingerprint density at radius 1 is 1.60 bits per heavy atom. The van der Waals surface area contributed by atoms with Gasteiger partial charge in [-0.05, 0) is 6.42 Å². The molecule has 1 saturated heterocycles. The van der Waals surface area contributed by atoms with E-state index < -0.39 is 6.16 Å². The van der Waals surface area contributed by atoms with E-state index in [1.54, 1.807) is 4.90 Å². The molecule has 1 amide bonds. The van der Waals surface area contributed by atoms with Gasteiger partial charge in [0.1, 0.15) is 6.10 Å². The standard InChI is InChI=1S/C10H17NO4/c1-3-4-5-11-7-8(6-9(11)12)15-10(13)14-2/h8H,3-7H2,1-2H3. The lowest BCUT2D eigenvalue weighted by atomic mass is 10.3. The third kappa shape index (κ3) is 3.42. The summed E-state index contributed by atoms with van der Waals surface area (Å²) in [4.78, 5) is 24.0. The molecule has 0 aromatic carbocycles. The van der Waals surface area contributed by atoms with Crippen molar-refractivity contribution in [1.82, 2.24) is 4.90 Å². The summed E-state index contributed by atoms with van der Waals surface area (Å²) >= 11 is 0. The van der Waals surface area contributed by atoms with Crippen molar-refractivity contribution in [3.8, 4) is 0 Å². The molecule has 1 atom stereocenters. The van der Waals surface area contributed by atoms with Crippen LogP contribution in [0.5, 0.6) is 0 Å². The van der Waals surface area contributed by atoms with E-state index in [2.05, 4.69) is 11.7 Å². The molecule has 1 unspecified atom stereocenters. The fraction of sp³-hybridized carbons (Fsp3) is 0.800. The average molecular weight is 215 g/mol. The SMILES string of the molecule is CCCCN1CC(OC(=O)OC)CC1=O. The highest BCUT2D eigenvalue weighted by Crippen LogP contribution is 2.15. The predicted octanol–water partition coefficient (Wildman–Crippen LogP) is 1.17. The molecule has 0 aromatic rings. The van der Waals surface area contributed by atoms with E-state index in [9.17, 15) is 9.59 Å². The van der Waals surface area contributed by atoms with Crippen molar-refractivity contribution < 1.29 is 19.1 Å². The molecule has 1 heterocycles. The summed E-state index contributed by atoms with van der Waals surface area (Å²) in [5.74, 6) is 0.0531. The van der Waals surface area contributed by atoms with Crippen molar-refractivity contribution >= 4 is 12.1 Å². The summed E-state index contributed by atoms with van der Waals surface area (Å²) in [5.41, 5.74) is 0. The smallest absolute Gasteiger partial charge is 0.438 e. The highest BCUT2D eigenvalue weighted by Gasteiger charge is 2.31. The van der Waals surface area contributed by atoms with Crippen molar-refractivity contribution in [3.63, 3.8) is 0 Å². The Labute approximate surface area is 89.3 Å². The molecule has 1 fully saturated rings. The van der Waals surface area contributed by atoms with Gasteiger partial charge in [0.05, 0.1) is 20.1 Å². The molecule has 0 N–H and O–H groups in total. The van der Waals surface area contributed by atoms with Crippen LogP contribution in [0.2, 0.25) is 0 Å². The number of hydrogen-bond acceptors (Lipinski definition) is 4. The fourth-order valence-corrected chi connectivity index (χ4v) is 1.56. The van der Waals surface area contributed by atoms with Gasteiger partial charge in [-0.15, -0.1) is 0 Å². The van der Waals surface area contributed by atoms with Gasteiger partial charge in [0, 0.05) is 6.54 Å². The maximum absolute atomic E-state index is 11.5. The minimum atomic E-state index is -0.717. The minimum Gasteiger partial charge on any atom is -0.438 e. The van der Waals surface area contributed by atoms with Gasteiger partial charge in [-0.1, -0.05) is 13.3 Å². The minimum absolute atomic E-state index is 0.0531. The largest absolute Gasteiger partial charge is 0.508 e. The number of amides is 1. The van der Waals surface area contributed by atoms with Gasteiger partial charge in [-0.3, -0.25) is 4.79 Å². The third-order valence-electron chi connectivity index (χ3n) is 2.39. The Hall–Kier alpha value is -1.26. The van der Waals surface area contributed by atoms with Crippen LogP contribution in [0.15, 0.2) is 0 Å². The molecule has 0 radical (unpaired) electrons. The number of unbranched alkanes of at least 4 members (excludes halogenated alkanes) is 1. The molecule has 15 heavy (non-hydrogen) atoms. The number of methoxy groups -OCH3 is 1. The second-order valence-electron chi connectivity index (χ2n) is 3.59. The van der Waals surface area contributed by atoms with Crippen LogP contribution in [0, 0.1) is 0 Å². The van der Waals surface area contributed by atoms with Gasteiger partial charge in [0.2, 0.25) is 5.91 Å². The molecule has 5 nitrogen and oxygen atoms in total. The van der Waals surface area contributed by atoms with Crippen LogP contribution in [0.4, 0.5) is 4.79 Å². The fourth-order valence-electron chi connectivity index (χ4n) is 1.56. The van der Waals surface area contributed by atoms with Crippen molar-refractivity contribution in [2.24, 2.45) is 0 Å². The predicted molar refractivity (Wildman–Crippen MR) is 53.4 cm³/mol. The van der Waals surface area contributed by atoms with Crippen LogP contribution in [-0.4, -0.2) is 43.3 Å². The quantitative estimate of drug-likeness (QED) is 0.660. The van der Waals surface area contributed by atoms with Crippen molar-refractivity contribution in [3.05, 3.63) is 0 Å². The highest BCUT2D eigenvalue weighted by molar-refractivity contribution is 5.79. The van der Waals surface area contributed by atoms with Crippen LogP contribution < -0.4 is 0 Å². The lowest BCUT2D eigenvalue weighted by Gasteiger charge is -2.15. The van der Waals surface area contributed by atoms with Gasteiger partial charge in [-0.2, -0.15) is 0 Å². The second kappa shape index (κ2) is 5.58. The zero-order chi connectivity index (χ0) is 11.3. The summed E-state index contributed by atoms with van der Waals surface area (Å²) in [7, 11) is 1.26. The number of rotatable bonds is 4. The van der Waals surface area contributed by atoms with E-state index in [1.165, 1.54) is 7.11 Å². The van der Waals surface area contributed by atoms with Gasteiger partial charge >= 0.3 is 6.16 Å². The zero-order valence-electron chi connectivity index (χ0n) is 9.19. The summed E-state index contributed by atoms with van der Waals surface area (Å²) < 4.78 is 9.29. The molecule has 1 aliphatic heterocycles. The normalized spacial score (nSPS) is 20.5. The maximum atomic E-state index is 11.5. The molecule has 0 spiro atoms. The van der Waals surface area contributed by atoms with Crippen LogP contribution in [0.3, 0.4) is 0 Å². The van der Waals surface area contributed by atoms with Gasteiger partial charge in [0.15, 0.2) is 0 Å². The van der Waals surface area contributed by atoms with Crippen LogP contribution >= 0.6 is 0 Å². The molecule has 0 aromatic heterocycles. The number of carbonyl (C=O) groups is 2. The van der Waals surface area contributed by atoms with Gasteiger partial charge in [-0.25, -0.2) is 4.79 Å². The lowest BCUT2D eigenvalue weighted by Crippen LogP contribution is -2.28. The van der Waals surface area contributed by atoms with Gasteiger partial charge < -0.3 is 14.4 Å². The van der Waals surface area contributed by atoms with E-state index in [0.717, 1.165) is 19.4 Å². The second-order valence-corrected chi connectivity index (χ2v) is 3.59. The molecule has 0 aliphatic carbocycles. The molecule has 0 saturated carbocycles. The van der Waals surface area contributed by atoms with Crippen LogP contribution in [0.25, 0.3) is 0 Å². The zero-order valence-corrected chi connectivity index (χ0v) is 9.19.